The summed E-state index contributed by atoms with van der Waals surface area (Å²) in [6.07, 6.45) is 1.01. The van der Waals surface area contributed by atoms with E-state index in [4.69, 9.17) is 39.6 Å². The van der Waals surface area contributed by atoms with Crippen LogP contribution >= 0.6 is 34.8 Å². The second-order valence-electron chi connectivity index (χ2n) is 5.00. The van der Waals surface area contributed by atoms with Gasteiger partial charge in [0.15, 0.2) is 0 Å². The first-order valence-corrected chi connectivity index (χ1v) is 9.60. The number of sulfonamides is 1. The lowest BCUT2D eigenvalue weighted by Crippen LogP contribution is -2.30. The summed E-state index contributed by atoms with van der Waals surface area (Å²) in [5, 5.41) is 4.35. The summed E-state index contributed by atoms with van der Waals surface area (Å²) in [5.41, 5.74) is -5.34. The average Bonchev–Trinajstić information content (AvgIpc) is 2.56. The number of anilines is 1. The molecular formula is C15H10Cl3F3N2O3S. The van der Waals surface area contributed by atoms with E-state index in [-0.39, 0.29) is 27.9 Å². The molecule has 0 aliphatic rings. The van der Waals surface area contributed by atoms with E-state index < -0.39 is 15.5 Å². The molecule has 12 heteroatoms. The van der Waals surface area contributed by atoms with Crippen molar-refractivity contribution in [2.24, 2.45) is 5.16 Å². The van der Waals surface area contributed by atoms with Crippen LogP contribution in [0.3, 0.4) is 0 Å². The molecule has 0 radical (unpaired) electrons. The Morgan fingerprint density at radius 1 is 1.15 bits per heavy atom. The van der Waals surface area contributed by atoms with E-state index in [1.807, 2.05) is 0 Å². The highest BCUT2D eigenvalue weighted by molar-refractivity contribution is 7.93. The highest BCUT2D eigenvalue weighted by Gasteiger charge is 2.46. The molecule has 0 spiro atoms. The lowest BCUT2D eigenvalue weighted by Gasteiger charge is -2.12. The van der Waals surface area contributed by atoms with Crippen LogP contribution in [0.5, 0.6) is 0 Å². The molecule has 146 valence electrons. The summed E-state index contributed by atoms with van der Waals surface area (Å²) < 4.78 is 61.6. The Kier molecular flexibility index (Phi) is 6.85. The van der Waals surface area contributed by atoms with Gasteiger partial charge in [-0.3, -0.25) is 4.72 Å². The van der Waals surface area contributed by atoms with Gasteiger partial charge in [0, 0.05) is 16.1 Å². The van der Waals surface area contributed by atoms with Crippen LogP contribution < -0.4 is 4.72 Å². The summed E-state index contributed by atoms with van der Waals surface area (Å²) >= 11 is 17.6. The molecule has 5 nitrogen and oxygen atoms in total. The standard InChI is InChI=1S/C15H10Cl3F3N2O3S/c16-11-4-5-13(23-27(24,25)15(19,20)21)10(6-11)7-22-26-8-9-2-1-3-12(17)14(9)18/h1-7,23H,8H2/b22-7+. The molecule has 0 heterocycles. The Morgan fingerprint density at radius 2 is 1.85 bits per heavy atom. The molecule has 2 aromatic rings. The number of hydrogen-bond acceptors (Lipinski definition) is 4. The van der Waals surface area contributed by atoms with Crippen LogP contribution in [-0.4, -0.2) is 20.1 Å². The monoisotopic (exact) mass is 460 g/mol. The Hall–Kier alpha value is -1.68. The number of rotatable bonds is 6. The first-order chi connectivity index (χ1) is 12.5. The molecule has 0 atom stereocenters. The molecule has 0 aliphatic heterocycles. The van der Waals surface area contributed by atoms with Crippen molar-refractivity contribution in [2.45, 2.75) is 12.1 Å². The van der Waals surface area contributed by atoms with Crippen molar-refractivity contribution in [1.29, 1.82) is 0 Å². The number of oxime groups is 1. The van der Waals surface area contributed by atoms with Crippen LogP contribution in [0.25, 0.3) is 0 Å². The van der Waals surface area contributed by atoms with Crippen molar-refractivity contribution >= 4 is 56.7 Å². The lowest BCUT2D eigenvalue weighted by atomic mass is 10.2. The first-order valence-electron chi connectivity index (χ1n) is 6.98. The Balaban J connectivity index is 2.17. The van der Waals surface area contributed by atoms with Gasteiger partial charge in [0.25, 0.3) is 0 Å². The second kappa shape index (κ2) is 8.55. The van der Waals surface area contributed by atoms with Crippen molar-refractivity contribution in [3.63, 3.8) is 0 Å². The quantitative estimate of drug-likeness (QED) is 0.459. The van der Waals surface area contributed by atoms with E-state index in [1.165, 1.54) is 16.9 Å². The van der Waals surface area contributed by atoms with Gasteiger partial charge in [-0.1, -0.05) is 52.1 Å². The maximum absolute atomic E-state index is 12.5. The molecule has 27 heavy (non-hydrogen) atoms. The highest BCUT2D eigenvalue weighted by atomic mass is 35.5. The van der Waals surface area contributed by atoms with E-state index in [0.717, 1.165) is 12.3 Å². The number of nitrogens with zero attached hydrogens (tertiary/aromatic N) is 1. The summed E-state index contributed by atoms with van der Waals surface area (Å²) in [5.74, 6) is 0. The second-order valence-corrected chi connectivity index (χ2v) is 7.90. The molecule has 0 unspecified atom stereocenters. The van der Waals surface area contributed by atoms with Crippen molar-refractivity contribution in [3.8, 4) is 0 Å². The molecule has 0 saturated heterocycles. The summed E-state index contributed by atoms with van der Waals surface area (Å²) in [4.78, 5) is 5.04. The third-order valence-corrected chi connectivity index (χ3v) is 5.27. The van der Waals surface area contributed by atoms with E-state index in [9.17, 15) is 21.6 Å². The Bertz CT molecular complexity index is 967. The van der Waals surface area contributed by atoms with Crippen molar-refractivity contribution in [2.75, 3.05) is 4.72 Å². The van der Waals surface area contributed by atoms with Crippen LogP contribution in [0, 0.1) is 0 Å². The maximum Gasteiger partial charge on any atom is 0.516 e. The van der Waals surface area contributed by atoms with Gasteiger partial charge in [-0.05, 0) is 24.3 Å². The molecule has 0 aliphatic carbocycles. The minimum Gasteiger partial charge on any atom is -0.391 e. The number of nitrogens with one attached hydrogen (secondary N) is 1. The smallest absolute Gasteiger partial charge is 0.391 e. The van der Waals surface area contributed by atoms with Crippen LogP contribution in [-0.2, 0) is 21.5 Å². The Morgan fingerprint density at radius 3 is 2.52 bits per heavy atom. The van der Waals surface area contributed by atoms with Crippen molar-refractivity contribution in [3.05, 3.63) is 62.6 Å². The predicted molar refractivity (Wildman–Crippen MR) is 98.9 cm³/mol. The first kappa shape index (κ1) is 21.6. The molecule has 0 amide bonds. The van der Waals surface area contributed by atoms with E-state index >= 15 is 0 Å². The van der Waals surface area contributed by atoms with Gasteiger partial charge in [0.05, 0.1) is 21.9 Å². The van der Waals surface area contributed by atoms with Gasteiger partial charge in [-0.15, -0.1) is 0 Å². The van der Waals surface area contributed by atoms with Gasteiger partial charge >= 0.3 is 15.5 Å². The SMILES string of the molecule is O=S(=O)(Nc1ccc(Cl)cc1/C=N/OCc1cccc(Cl)c1Cl)C(F)(F)F. The van der Waals surface area contributed by atoms with Gasteiger partial charge in [0.2, 0.25) is 0 Å². The largest absolute Gasteiger partial charge is 0.516 e. The average molecular weight is 462 g/mol. The Labute approximate surface area is 167 Å². The zero-order valence-electron chi connectivity index (χ0n) is 13.1. The minimum atomic E-state index is -5.60. The molecule has 2 rings (SSSR count). The number of benzene rings is 2. The van der Waals surface area contributed by atoms with Gasteiger partial charge < -0.3 is 4.84 Å². The van der Waals surface area contributed by atoms with E-state index in [2.05, 4.69) is 5.16 Å². The zero-order valence-corrected chi connectivity index (χ0v) is 16.2. The van der Waals surface area contributed by atoms with Gasteiger partial charge in [-0.25, -0.2) is 0 Å². The molecule has 0 bridgehead atoms. The predicted octanol–water partition coefficient (Wildman–Crippen LogP) is 5.46. The van der Waals surface area contributed by atoms with Crippen molar-refractivity contribution < 1.29 is 26.4 Å². The molecule has 0 aromatic heterocycles. The molecule has 0 fully saturated rings. The van der Waals surface area contributed by atoms with E-state index in [1.54, 1.807) is 18.2 Å². The normalized spacial score (nSPS) is 12.4. The van der Waals surface area contributed by atoms with Crippen LogP contribution in [0.1, 0.15) is 11.1 Å². The van der Waals surface area contributed by atoms with Crippen molar-refractivity contribution in [1.82, 2.24) is 0 Å². The summed E-state index contributed by atoms with van der Waals surface area (Å²) in [6.45, 7) is -0.0694. The number of halogens is 6. The fourth-order valence-electron chi connectivity index (χ4n) is 1.80. The minimum absolute atomic E-state index is 0.0347. The summed E-state index contributed by atoms with van der Waals surface area (Å²) in [7, 11) is -5.60. The van der Waals surface area contributed by atoms with Gasteiger partial charge in [0.1, 0.15) is 6.61 Å². The van der Waals surface area contributed by atoms with Crippen LogP contribution in [0.2, 0.25) is 15.1 Å². The van der Waals surface area contributed by atoms with Gasteiger partial charge in [-0.2, -0.15) is 21.6 Å². The molecular weight excluding hydrogens is 452 g/mol. The topological polar surface area (TPSA) is 67.8 Å². The van der Waals surface area contributed by atoms with Crippen LogP contribution in [0.15, 0.2) is 41.6 Å². The summed E-state index contributed by atoms with van der Waals surface area (Å²) in [6, 6.07) is 8.39. The molecule has 1 N–H and O–H groups in total. The number of hydrogen-bond donors (Lipinski definition) is 1. The van der Waals surface area contributed by atoms with E-state index in [0.29, 0.717) is 10.6 Å². The third kappa shape index (κ3) is 5.65. The van der Waals surface area contributed by atoms with Crippen LogP contribution in [0.4, 0.5) is 18.9 Å². The zero-order chi connectivity index (χ0) is 20.2. The fraction of sp³-hybridized carbons (Fsp3) is 0.133. The molecule has 0 saturated carbocycles. The molecule has 2 aromatic carbocycles. The maximum atomic E-state index is 12.5. The highest BCUT2D eigenvalue weighted by Crippen LogP contribution is 2.28. The third-order valence-electron chi connectivity index (χ3n) is 3.08. The fourth-order valence-corrected chi connectivity index (χ4v) is 2.94. The lowest BCUT2D eigenvalue weighted by molar-refractivity contribution is -0.0429. The number of alkyl halides is 3.